The third kappa shape index (κ3) is 4.42. The Morgan fingerprint density at radius 2 is 1.91 bits per heavy atom. The fraction of sp³-hybridized carbons (Fsp3) is 0.333. The van der Waals surface area contributed by atoms with Crippen molar-refractivity contribution in [1.82, 2.24) is 15.0 Å². The van der Waals surface area contributed by atoms with Crippen LogP contribution in [0, 0.1) is 12.8 Å². The Bertz CT molecular complexity index is 1160. The van der Waals surface area contributed by atoms with Crippen molar-refractivity contribution in [3.8, 4) is 0 Å². The van der Waals surface area contributed by atoms with E-state index in [1.54, 1.807) is 30.5 Å². The van der Waals surface area contributed by atoms with Crippen molar-refractivity contribution < 1.29 is 18.7 Å². The van der Waals surface area contributed by atoms with Gasteiger partial charge in [0, 0.05) is 40.7 Å². The van der Waals surface area contributed by atoms with E-state index in [1.165, 1.54) is 12.4 Å². The Morgan fingerprint density at radius 1 is 1.09 bits per heavy atom. The van der Waals surface area contributed by atoms with Crippen molar-refractivity contribution in [2.75, 3.05) is 23.8 Å². The normalized spacial score (nSPS) is 17.0. The molecule has 1 saturated carbocycles. The Kier molecular flexibility index (Phi) is 5.74. The van der Waals surface area contributed by atoms with E-state index >= 15 is 0 Å². The SMILES string of the molecule is Cc1cc(C2(C3CC3)OCCO2)c(NC(=O)c2ccnc(Nc3ccc(CF)cn3)c2)cn1. The number of rotatable bonds is 7. The molecule has 0 unspecified atom stereocenters. The molecule has 1 saturated heterocycles. The number of amides is 1. The molecule has 8 nitrogen and oxygen atoms in total. The van der Waals surface area contributed by atoms with E-state index in [1.807, 2.05) is 13.0 Å². The zero-order valence-corrected chi connectivity index (χ0v) is 18.2. The molecule has 3 aromatic rings. The molecular weight excluding hydrogens is 425 g/mol. The molecule has 33 heavy (non-hydrogen) atoms. The lowest BCUT2D eigenvalue weighted by Crippen LogP contribution is -2.32. The van der Waals surface area contributed by atoms with Gasteiger partial charge in [-0.25, -0.2) is 14.4 Å². The maximum absolute atomic E-state index is 13.1. The number of aromatic nitrogens is 3. The maximum atomic E-state index is 13.1. The monoisotopic (exact) mass is 449 g/mol. The number of carbonyl (C=O) groups is 1. The van der Waals surface area contributed by atoms with Crippen LogP contribution in [-0.2, 0) is 21.9 Å². The number of alkyl halides is 1. The Morgan fingerprint density at radius 3 is 2.61 bits per heavy atom. The molecule has 1 aliphatic carbocycles. The summed E-state index contributed by atoms with van der Waals surface area (Å²) in [6, 6.07) is 8.47. The summed E-state index contributed by atoms with van der Waals surface area (Å²) in [5.41, 5.74) is 3.09. The first-order valence-corrected chi connectivity index (χ1v) is 10.9. The second-order valence-electron chi connectivity index (χ2n) is 8.20. The molecule has 0 spiro atoms. The molecule has 170 valence electrons. The third-order valence-corrected chi connectivity index (χ3v) is 5.75. The second-order valence-corrected chi connectivity index (χ2v) is 8.20. The van der Waals surface area contributed by atoms with Crippen molar-refractivity contribution >= 4 is 23.2 Å². The summed E-state index contributed by atoms with van der Waals surface area (Å²) in [6.45, 7) is 2.37. The minimum absolute atomic E-state index is 0.269. The van der Waals surface area contributed by atoms with Crippen LogP contribution in [-0.4, -0.2) is 34.1 Å². The van der Waals surface area contributed by atoms with Crippen molar-refractivity contribution in [3.05, 3.63) is 71.3 Å². The lowest BCUT2D eigenvalue weighted by Gasteiger charge is -2.30. The van der Waals surface area contributed by atoms with Crippen LogP contribution in [0.2, 0.25) is 0 Å². The van der Waals surface area contributed by atoms with Crippen LogP contribution in [0.4, 0.5) is 21.7 Å². The number of hydrogen-bond donors (Lipinski definition) is 2. The standard InChI is InChI=1S/C24H24FN5O3/c1-15-10-19(24(18-3-4-18)32-8-9-33-24)20(14-27-15)29-23(31)17-6-7-26-22(11-17)30-21-5-2-16(12-25)13-28-21/h2,5-7,10-11,13-14,18H,3-4,8-9,12H2,1H3,(H,29,31)(H,26,28,30). The summed E-state index contributed by atoms with van der Waals surface area (Å²) in [5.74, 6) is 0.0765. The third-order valence-electron chi connectivity index (χ3n) is 5.75. The van der Waals surface area contributed by atoms with E-state index in [9.17, 15) is 9.18 Å². The minimum Gasteiger partial charge on any atom is -0.343 e. The van der Waals surface area contributed by atoms with Crippen LogP contribution >= 0.6 is 0 Å². The molecule has 0 radical (unpaired) electrons. The molecule has 0 bridgehead atoms. The van der Waals surface area contributed by atoms with E-state index in [0.717, 1.165) is 24.1 Å². The number of nitrogens with zero attached hydrogens (tertiary/aromatic N) is 3. The van der Waals surface area contributed by atoms with Gasteiger partial charge in [-0.1, -0.05) is 6.07 Å². The molecule has 9 heteroatoms. The van der Waals surface area contributed by atoms with Crippen LogP contribution in [0.5, 0.6) is 0 Å². The summed E-state index contributed by atoms with van der Waals surface area (Å²) in [6.07, 6.45) is 6.68. The first kappa shape index (κ1) is 21.4. The zero-order valence-electron chi connectivity index (χ0n) is 18.2. The van der Waals surface area contributed by atoms with Crippen molar-refractivity contribution in [1.29, 1.82) is 0 Å². The van der Waals surface area contributed by atoms with Gasteiger partial charge in [0.15, 0.2) is 5.79 Å². The van der Waals surface area contributed by atoms with Crippen molar-refractivity contribution in [2.24, 2.45) is 5.92 Å². The predicted molar refractivity (Wildman–Crippen MR) is 120 cm³/mol. The van der Waals surface area contributed by atoms with Gasteiger partial charge in [0.05, 0.1) is 25.1 Å². The first-order valence-electron chi connectivity index (χ1n) is 10.9. The average Bonchev–Trinajstić information content (AvgIpc) is 3.58. The van der Waals surface area contributed by atoms with Crippen molar-refractivity contribution in [2.45, 2.75) is 32.2 Å². The molecular formula is C24H24FN5O3. The number of pyridine rings is 3. The van der Waals surface area contributed by atoms with Crippen LogP contribution in [0.15, 0.2) is 48.9 Å². The number of anilines is 3. The predicted octanol–water partition coefficient (Wildman–Crippen LogP) is 4.26. The summed E-state index contributed by atoms with van der Waals surface area (Å²) in [5, 5.41) is 6.00. The maximum Gasteiger partial charge on any atom is 0.255 e. The number of carbonyl (C=O) groups excluding carboxylic acids is 1. The van der Waals surface area contributed by atoms with Gasteiger partial charge in [-0.15, -0.1) is 0 Å². The van der Waals surface area contributed by atoms with Crippen molar-refractivity contribution in [3.63, 3.8) is 0 Å². The van der Waals surface area contributed by atoms with E-state index in [2.05, 4.69) is 25.6 Å². The summed E-state index contributed by atoms with van der Waals surface area (Å²) in [4.78, 5) is 25.9. The van der Waals surface area contributed by atoms with Crippen LogP contribution in [0.25, 0.3) is 0 Å². The van der Waals surface area contributed by atoms with E-state index < -0.39 is 12.5 Å². The van der Waals surface area contributed by atoms with Crippen LogP contribution < -0.4 is 10.6 Å². The quantitative estimate of drug-likeness (QED) is 0.556. The van der Waals surface area contributed by atoms with E-state index in [0.29, 0.717) is 41.7 Å². The van der Waals surface area contributed by atoms with Gasteiger partial charge in [-0.3, -0.25) is 9.78 Å². The largest absolute Gasteiger partial charge is 0.343 e. The highest BCUT2D eigenvalue weighted by Crippen LogP contribution is 2.52. The summed E-state index contributed by atoms with van der Waals surface area (Å²) < 4.78 is 24.9. The van der Waals surface area contributed by atoms with Gasteiger partial charge in [0.1, 0.15) is 18.3 Å². The molecule has 2 fully saturated rings. The van der Waals surface area contributed by atoms with E-state index in [-0.39, 0.29) is 11.8 Å². The van der Waals surface area contributed by atoms with Crippen LogP contribution in [0.3, 0.4) is 0 Å². The molecule has 4 heterocycles. The molecule has 1 aliphatic heterocycles. The smallest absolute Gasteiger partial charge is 0.255 e. The Balaban J connectivity index is 1.37. The van der Waals surface area contributed by atoms with Gasteiger partial charge < -0.3 is 20.1 Å². The highest BCUT2D eigenvalue weighted by molar-refractivity contribution is 6.05. The van der Waals surface area contributed by atoms with Gasteiger partial charge in [-0.2, -0.15) is 0 Å². The molecule has 5 rings (SSSR count). The number of halogens is 1. The number of aryl methyl sites for hydroxylation is 1. The Hall–Kier alpha value is -3.43. The summed E-state index contributed by atoms with van der Waals surface area (Å²) in [7, 11) is 0. The molecule has 1 amide bonds. The van der Waals surface area contributed by atoms with Gasteiger partial charge in [0.2, 0.25) is 0 Å². The van der Waals surface area contributed by atoms with Crippen LogP contribution in [0.1, 0.15) is 40.0 Å². The fourth-order valence-corrected chi connectivity index (χ4v) is 3.99. The average molecular weight is 449 g/mol. The van der Waals surface area contributed by atoms with Gasteiger partial charge >= 0.3 is 0 Å². The summed E-state index contributed by atoms with van der Waals surface area (Å²) >= 11 is 0. The number of hydrogen-bond acceptors (Lipinski definition) is 7. The molecule has 2 N–H and O–H groups in total. The highest BCUT2D eigenvalue weighted by atomic mass is 19.1. The molecule has 3 aromatic heterocycles. The molecule has 0 atom stereocenters. The van der Waals surface area contributed by atoms with Gasteiger partial charge in [-0.05, 0) is 44.0 Å². The van der Waals surface area contributed by atoms with Gasteiger partial charge in [0.25, 0.3) is 5.91 Å². The molecule has 0 aromatic carbocycles. The van der Waals surface area contributed by atoms with E-state index in [4.69, 9.17) is 9.47 Å². The lowest BCUT2D eigenvalue weighted by molar-refractivity contribution is -0.181. The molecule has 2 aliphatic rings. The second kappa shape index (κ2) is 8.84. The number of nitrogens with one attached hydrogen (secondary N) is 2. The minimum atomic E-state index is -0.835. The number of ether oxygens (including phenoxy) is 2. The Labute approximate surface area is 190 Å². The fourth-order valence-electron chi connectivity index (χ4n) is 3.99. The first-order chi connectivity index (χ1) is 16.1. The highest BCUT2D eigenvalue weighted by Gasteiger charge is 2.52. The lowest BCUT2D eigenvalue weighted by atomic mass is 9.99. The zero-order chi connectivity index (χ0) is 22.8. The topological polar surface area (TPSA) is 98.3 Å².